The third kappa shape index (κ3) is 3.61. The number of ether oxygens (including phenoxy) is 1. The maximum absolute atomic E-state index is 11.8. The Labute approximate surface area is 132 Å². The second kappa shape index (κ2) is 5.58. The van der Waals surface area contributed by atoms with Crippen molar-refractivity contribution in [1.29, 1.82) is 0 Å². The average molecular weight is 302 g/mol. The van der Waals surface area contributed by atoms with Crippen LogP contribution in [-0.4, -0.2) is 17.7 Å². The number of hydrogen-bond acceptors (Lipinski definition) is 3. The Bertz CT molecular complexity index is 577. The van der Waals surface area contributed by atoms with Crippen molar-refractivity contribution in [3.63, 3.8) is 0 Å². The minimum absolute atomic E-state index is 0.396. The van der Waals surface area contributed by atoms with Gasteiger partial charge in [0.2, 0.25) is 0 Å². The molecular weight excluding hydrogens is 276 g/mol. The highest BCUT2D eigenvalue weighted by Crippen LogP contribution is 2.38. The molecular formula is C18H26N2O2. The van der Waals surface area contributed by atoms with Gasteiger partial charge in [-0.25, -0.2) is 4.79 Å². The second-order valence-corrected chi connectivity index (χ2v) is 7.62. The predicted molar refractivity (Wildman–Crippen MR) is 88.1 cm³/mol. The van der Waals surface area contributed by atoms with Crippen LogP contribution in [0.4, 0.5) is 10.5 Å². The molecule has 0 radical (unpaired) electrons. The fraction of sp³-hybridized carbons (Fsp3) is 0.611. The topological polar surface area (TPSA) is 50.4 Å². The molecule has 1 saturated carbocycles. The molecule has 120 valence electrons. The SMILES string of the molecule is CC1CC1NC1CCc2cc(NC(=O)OC(C)(C)C)ccc21. The number of benzene rings is 1. The molecule has 0 saturated heterocycles. The normalized spacial score (nSPS) is 26.5. The van der Waals surface area contributed by atoms with Crippen LogP contribution in [-0.2, 0) is 11.2 Å². The van der Waals surface area contributed by atoms with Crippen molar-refractivity contribution in [2.24, 2.45) is 5.92 Å². The summed E-state index contributed by atoms with van der Waals surface area (Å²) in [5.41, 5.74) is 3.05. The number of nitrogens with one attached hydrogen (secondary N) is 2. The molecule has 1 amide bonds. The molecule has 22 heavy (non-hydrogen) atoms. The number of aryl methyl sites for hydroxylation is 1. The molecule has 0 aromatic heterocycles. The Morgan fingerprint density at radius 1 is 1.32 bits per heavy atom. The largest absolute Gasteiger partial charge is 0.444 e. The summed E-state index contributed by atoms with van der Waals surface area (Å²) >= 11 is 0. The lowest BCUT2D eigenvalue weighted by atomic mass is 10.1. The Morgan fingerprint density at radius 3 is 2.68 bits per heavy atom. The number of fused-ring (bicyclic) bond motifs is 1. The molecule has 1 aromatic rings. The molecule has 0 spiro atoms. The van der Waals surface area contributed by atoms with Crippen molar-refractivity contribution in [1.82, 2.24) is 5.32 Å². The third-order valence-corrected chi connectivity index (χ3v) is 4.39. The van der Waals surface area contributed by atoms with Gasteiger partial charge in [0.05, 0.1) is 0 Å². The Morgan fingerprint density at radius 2 is 2.05 bits per heavy atom. The number of rotatable bonds is 3. The number of anilines is 1. The van der Waals surface area contributed by atoms with E-state index >= 15 is 0 Å². The second-order valence-electron chi connectivity index (χ2n) is 7.62. The summed E-state index contributed by atoms with van der Waals surface area (Å²) in [6.45, 7) is 7.89. The van der Waals surface area contributed by atoms with Crippen LogP contribution in [0.15, 0.2) is 18.2 Å². The summed E-state index contributed by atoms with van der Waals surface area (Å²) in [5, 5.41) is 6.56. The van der Waals surface area contributed by atoms with E-state index in [1.165, 1.54) is 17.5 Å². The maximum atomic E-state index is 11.8. The summed E-state index contributed by atoms with van der Waals surface area (Å²) in [7, 11) is 0. The Balaban J connectivity index is 1.63. The molecule has 1 aromatic carbocycles. The maximum Gasteiger partial charge on any atom is 0.412 e. The van der Waals surface area contributed by atoms with Crippen LogP contribution >= 0.6 is 0 Å². The van der Waals surface area contributed by atoms with E-state index in [1.807, 2.05) is 26.8 Å². The number of carbonyl (C=O) groups is 1. The van der Waals surface area contributed by atoms with Crippen LogP contribution < -0.4 is 10.6 Å². The summed E-state index contributed by atoms with van der Waals surface area (Å²) in [6.07, 6.45) is 3.11. The van der Waals surface area contributed by atoms with Crippen molar-refractivity contribution in [2.75, 3.05) is 5.32 Å². The zero-order valence-electron chi connectivity index (χ0n) is 13.9. The zero-order chi connectivity index (χ0) is 15.9. The molecule has 0 bridgehead atoms. The quantitative estimate of drug-likeness (QED) is 0.886. The summed E-state index contributed by atoms with van der Waals surface area (Å²) in [4.78, 5) is 11.8. The van der Waals surface area contributed by atoms with Crippen LogP contribution in [0.5, 0.6) is 0 Å². The van der Waals surface area contributed by atoms with E-state index in [1.54, 1.807) is 0 Å². The van der Waals surface area contributed by atoms with Gasteiger partial charge in [-0.1, -0.05) is 13.0 Å². The summed E-state index contributed by atoms with van der Waals surface area (Å²) in [5.74, 6) is 0.817. The van der Waals surface area contributed by atoms with Gasteiger partial charge < -0.3 is 10.1 Å². The lowest BCUT2D eigenvalue weighted by Crippen LogP contribution is -2.27. The van der Waals surface area contributed by atoms with Crippen molar-refractivity contribution in [2.45, 2.75) is 64.6 Å². The first kappa shape index (κ1) is 15.3. The molecule has 0 aliphatic heterocycles. The molecule has 2 aliphatic carbocycles. The average Bonchev–Trinajstić information content (AvgIpc) is 2.93. The zero-order valence-corrected chi connectivity index (χ0v) is 13.9. The predicted octanol–water partition coefficient (Wildman–Crippen LogP) is 4.02. The highest BCUT2D eigenvalue weighted by atomic mass is 16.6. The molecule has 4 nitrogen and oxygen atoms in total. The van der Waals surface area contributed by atoms with Gasteiger partial charge in [-0.05, 0) is 69.2 Å². The van der Waals surface area contributed by atoms with Gasteiger partial charge in [-0.3, -0.25) is 5.32 Å². The van der Waals surface area contributed by atoms with E-state index in [4.69, 9.17) is 4.74 Å². The lowest BCUT2D eigenvalue weighted by Gasteiger charge is -2.20. The van der Waals surface area contributed by atoms with E-state index in [0.717, 1.165) is 24.4 Å². The van der Waals surface area contributed by atoms with Crippen molar-refractivity contribution in [3.05, 3.63) is 29.3 Å². The van der Waals surface area contributed by atoms with E-state index in [0.29, 0.717) is 12.1 Å². The monoisotopic (exact) mass is 302 g/mol. The van der Waals surface area contributed by atoms with Gasteiger partial charge in [0.1, 0.15) is 5.60 Å². The molecule has 1 fully saturated rings. The minimum atomic E-state index is -0.475. The van der Waals surface area contributed by atoms with Gasteiger partial charge in [-0.2, -0.15) is 0 Å². The fourth-order valence-corrected chi connectivity index (χ4v) is 3.10. The van der Waals surface area contributed by atoms with E-state index in [9.17, 15) is 4.79 Å². The smallest absolute Gasteiger partial charge is 0.412 e. The van der Waals surface area contributed by atoms with Crippen LogP contribution in [0.1, 0.15) is 57.7 Å². The van der Waals surface area contributed by atoms with E-state index in [-0.39, 0.29) is 0 Å². The van der Waals surface area contributed by atoms with Gasteiger partial charge in [-0.15, -0.1) is 0 Å². The van der Waals surface area contributed by atoms with Gasteiger partial charge in [0, 0.05) is 17.8 Å². The van der Waals surface area contributed by atoms with E-state index in [2.05, 4.69) is 29.7 Å². The summed E-state index contributed by atoms with van der Waals surface area (Å²) < 4.78 is 5.29. The first-order valence-electron chi connectivity index (χ1n) is 8.21. The number of carbonyl (C=O) groups excluding carboxylic acids is 1. The lowest BCUT2D eigenvalue weighted by molar-refractivity contribution is 0.0636. The van der Waals surface area contributed by atoms with Gasteiger partial charge >= 0.3 is 6.09 Å². The molecule has 4 heteroatoms. The molecule has 3 atom stereocenters. The van der Waals surface area contributed by atoms with Crippen LogP contribution in [0.2, 0.25) is 0 Å². The van der Waals surface area contributed by atoms with Crippen LogP contribution in [0.3, 0.4) is 0 Å². The highest BCUT2D eigenvalue weighted by molar-refractivity contribution is 5.85. The van der Waals surface area contributed by atoms with Crippen molar-refractivity contribution < 1.29 is 9.53 Å². The van der Waals surface area contributed by atoms with Crippen molar-refractivity contribution >= 4 is 11.8 Å². The van der Waals surface area contributed by atoms with Gasteiger partial charge in [0.25, 0.3) is 0 Å². The molecule has 2 N–H and O–H groups in total. The standard InChI is InChI=1S/C18H26N2O2/c1-11-9-16(11)20-15-8-5-12-10-13(6-7-14(12)15)19-17(21)22-18(2,3)4/h6-7,10-11,15-16,20H,5,8-9H2,1-4H3,(H,19,21). The van der Waals surface area contributed by atoms with Gasteiger partial charge in [0.15, 0.2) is 0 Å². The molecule has 2 aliphatic rings. The number of hydrogen-bond donors (Lipinski definition) is 2. The highest BCUT2D eigenvalue weighted by Gasteiger charge is 2.36. The number of amides is 1. The third-order valence-electron chi connectivity index (χ3n) is 4.39. The molecule has 3 rings (SSSR count). The first-order chi connectivity index (χ1) is 10.3. The van der Waals surface area contributed by atoms with E-state index < -0.39 is 11.7 Å². The Kier molecular flexibility index (Phi) is 3.89. The van der Waals surface area contributed by atoms with Crippen LogP contribution in [0, 0.1) is 5.92 Å². The summed E-state index contributed by atoms with van der Waals surface area (Å²) in [6, 6.07) is 7.35. The molecule has 3 unspecified atom stereocenters. The first-order valence-corrected chi connectivity index (χ1v) is 8.21. The fourth-order valence-electron chi connectivity index (χ4n) is 3.10. The molecule has 0 heterocycles. The minimum Gasteiger partial charge on any atom is -0.444 e. The van der Waals surface area contributed by atoms with Crippen LogP contribution in [0.25, 0.3) is 0 Å². The van der Waals surface area contributed by atoms with Crippen molar-refractivity contribution in [3.8, 4) is 0 Å². The Hall–Kier alpha value is -1.55.